The standard InChI is InChI=1S/C16H12BrFO2/c1-10(19)13-4-2-3-5-14(13)15(18)16(20)11-6-8-12(17)9-7-11/h2-9,15H,1H3. The number of carbonyl (C=O) groups excluding carboxylic acids is 2. The molecule has 2 rings (SSSR count). The van der Waals surface area contributed by atoms with Gasteiger partial charge in [0.2, 0.25) is 5.78 Å². The molecule has 2 nitrogen and oxygen atoms in total. The number of hydrogen-bond donors (Lipinski definition) is 0. The van der Waals surface area contributed by atoms with Crippen LogP contribution < -0.4 is 0 Å². The van der Waals surface area contributed by atoms with Crippen molar-refractivity contribution in [3.05, 3.63) is 69.7 Å². The fourth-order valence-electron chi connectivity index (χ4n) is 1.94. The van der Waals surface area contributed by atoms with Crippen molar-refractivity contribution >= 4 is 27.5 Å². The van der Waals surface area contributed by atoms with Crippen molar-refractivity contribution in [2.24, 2.45) is 0 Å². The number of halogens is 2. The zero-order chi connectivity index (χ0) is 14.7. The summed E-state index contributed by atoms with van der Waals surface area (Å²) in [5, 5.41) is 0. The molecule has 0 spiro atoms. The summed E-state index contributed by atoms with van der Waals surface area (Å²) in [6, 6.07) is 12.7. The molecule has 0 bridgehead atoms. The number of ketones is 2. The Bertz CT molecular complexity index is 650. The summed E-state index contributed by atoms with van der Waals surface area (Å²) in [6.07, 6.45) is -1.84. The number of rotatable bonds is 4. The molecule has 0 radical (unpaired) electrons. The Balaban J connectivity index is 2.36. The van der Waals surface area contributed by atoms with Gasteiger partial charge < -0.3 is 0 Å². The van der Waals surface area contributed by atoms with Gasteiger partial charge in [0.25, 0.3) is 0 Å². The van der Waals surface area contributed by atoms with Gasteiger partial charge >= 0.3 is 0 Å². The van der Waals surface area contributed by atoms with Gasteiger partial charge in [0, 0.05) is 21.2 Å². The third-order valence-corrected chi connectivity index (χ3v) is 3.50. The van der Waals surface area contributed by atoms with Gasteiger partial charge in [-0.1, -0.05) is 52.3 Å². The minimum atomic E-state index is -1.84. The van der Waals surface area contributed by atoms with Crippen LogP contribution in [0.4, 0.5) is 4.39 Å². The van der Waals surface area contributed by atoms with Gasteiger partial charge in [-0.25, -0.2) is 4.39 Å². The van der Waals surface area contributed by atoms with Crippen LogP contribution in [0, 0.1) is 0 Å². The van der Waals surface area contributed by atoms with Gasteiger partial charge in [-0.05, 0) is 19.1 Å². The average molecular weight is 335 g/mol. The number of carbonyl (C=O) groups is 2. The van der Waals surface area contributed by atoms with Crippen molar-refractivity contribution in [3.63, 3.8) is 0 Å². The molecule has 0 aliphatic rings. The van der Waals surface area contributed by atoms with Gasteiger partial charge in [0.05, 0.1) is 0 Å². The highest BCUT2D eigenvalue weighted by Crippen LogP contribution is 2.26. The van der Waals surface area contributed by atoms with E-state index in [0.717, 1.165) is 4.47 Å². The summed E-state index contributed by atoms with van der Waals surface area (Å²) in [5.41, 5.74) is 0.637. The number of hydrogen-bond acceptors (Lipinski definition) is 2. The average Bonchev–Trinajstić information content (AvgIpc) is 2.46. The number of benzene rings is 2. The molecule has 0 aliphatic carbocycles. The van der Waals surface area contributed by atoms with Crippen molar-refractivity contribution in [1.82, 2.24) is 0 Å². The van der Waals surface area contributed by atoms with Crippen LogP contribution in [-0.2, 0) is 0 Å². The molecule has 0 amide bonds. The highest BCUT2D eigenvalue weighted by atomic mass is 79.9. The summed E-state index contributed by atoms with van der Waals surface area (Å²) in [7, 11) is 0. The summed E-state index contributed by atoms with van der Waals surface area (Å²) in [5.74, 6) is -0.905. The van der Waals surface area contributed by atoms with E-state index in [1.807, 2.05) is 0 Å². The van der Waals surface area contributed by atoms with Crippen LogP contribution in [0.1, 0.15) is 39.4 Å². The summed E-state index contributed by atoms with van der Waals surface area (Å²) in [4.78, 5) is 23.6. The maximum Gasteiger partial charge on any atom is 0.201 e. The van der Waals surface area contributed by atoms with Crippen LogP contribution in [0.5, 0.6) is 0 Å². The van der Waals surface area contributed by atoms with E-state index in [1.54, 1.807) is 36.4 Å². The van der Waals surface area contributed by atoms with Gasteiger partial charge in [-0.15, -0.1) is 0 Å². The fraction of sp³-hybridized carbons (Fsp3) is 0.125. The maximum absolute atomic E-state index is 14.4. The lowest BCUT2D eigenvalue weighted by atomic mass is 9.95. The largest absolute Gasteiger partial charge is 0.294 e. The first kappa shape index (κ1) is 14.6. The fourth-order valence-corrected chi connectivity index (χ4v) is 2.20. The molecule has 0 aliphatic heterocycles. The van der Waals surface area contributed by atoms with Crippen molar-refractivity contribution in [2.45, 2.75) is 13.1 Å². The SMILES string of the molecule is CC(=O)c1ccccc1C(F)C(=O)c1ccc(Br)cc1. The van der Waals surface area contributed by atoms with E-state index in [2.05, 4.69) is 15.9 Å². The van der Waals surface area contributed by atoms with E-state index in [4.69, 9.17) is 0 Å². The second-order valence-corrected chi connectivity index (χ2v) is 5.29. The smallest absolute Gasteiger partial charge is 0.201 e. The zero-order valence-electron chi connectivity index (χ0n) is 10.8. The van der Waals surface area contributed by atoms with Crippen LogP contribution in [-0.4, -0.2) is 11.6 Å². The molecule has 0 saturated carbocycles. The second kappa shape index (κ2) is 6.09. The molecule has 0 fully saturated rings. The first-order chi connectivity index (χ1) is 9.50. The highest BCUT2D eigenvalue weighted by molar-refractivity contribution is 9.10. The van der Waals surface area contributed by atoms with Crippen molar-refractivity contribution < 1.29 is 14.0 Å². The lowest BCUT2D eigenvalue weighted by Gasteiger charge is -2.11. The Labute approximate surface area is 124 Å². The summed E-state index contributed by atoms with van der Waals surface area (Å²) in [6.45, 7) is 1.36. The van der Waals surface area contributed by atoms with E-state index in [1.165, 1.54) is 19.1 Å². The first-order valence-corrected chi connectivity index (χ1v) is 6.83. The van der Waals surface area contributed by atoms with Crippen LogP contribution in [0.25, 0.3) is 0 Å². The number of Topliss-reactive ketones (excluding diaryl/α,β-unsaturated/α-hetero) is 2. The van der Waals surface area contributed by atoms with Gasteiger partial charge in [-0.3, -0.25) is 9.59 Å². The monoisotopic (exact) mass is 334 g/mol. The van der Waals surface area contributed by atoms with Crippen molar-refractivity contribution in [3.8, 4) is 0 Å². The quantitative estimate of drug-likeness (QED) is 0.769. The molecule has 2 aromatic rings. The third-order valence-electron chi connectivity index (χ3n) is 2.97. The Morgan fingerprint density at radius 3 is 2.25 bits per heavy atom. The lowest BCUT2D eigenvalue weighted by molar-refractivity contribution is 0.0876. The molecule has 0 aromatic heterocycles. The Hall–Kier alpha value is -1.81. The third kappa shape index (κ3) is 3.02. The zero-order valence-corrected chi connectivity index (χ0v) is 12.4. The Morgan fingerprint density at radius 2 is 1.65 bits per heavy atom. The normalized spacial score (nSPS) is 11.9. The summed E-state index contributed by atoms with van der Waals surface area (Å²) >= 11 is 3.26. The van der Waals surface area contributed by atoms with Crippen molar-refractivity contribution in [1.29, 1.82) is 0 Å². The molecule has 4 heteroatoms. The Morgan fingerprint density at radius 1 is 1.05 bits per heavy atom. The Kier molecular flexibility index (Phi) is 4.45. The second-order valence-electron chi connectivity index (χ2n) is 4.38. The minimum absolute atomic E-state index is 0.118. The molecule has 0 N–H and O–H groups in total. The highest BCUT2D eigenvalue weighted by Gasteiger charge is 2.24. The topological polar surface area (TPSA) is 34.1 Å². The number of alkyl halides is 1. The first-order valence-electron chi connectivity index (χ1n) is 6.04. The molecule has 20 heavy (non-hydrogen) atoms. The van der Waals surface area contributed by atoms with Crippen molar-refractivity contribution in [2.75, 3.05) is 0 Å². The van der Waals surface area contributed by atoms with Gasteiger partial charge in [0.1, 0.15) is 0 Å². The molecular formula is C16H12BrFO2. The van der Waals surface area contributed by atoms with E-state index >= 15 is 0 Å². The van der Waals surface area contributed by atoms with Gasteiger partial charge in [0.15, 0.2) is 12.0 Å². The predicted molar refractivity (Wildman–Crippen MR) is 78.8 cm³/mol. The van der Waals surface area contributed by atoms with E-state index < -0.39 is 12.0 Å². The molecule has 0 heterocycles. The van der Waals surface area contributed by atoms with E-state index in [9.17, 15) is 14.0 Å². The molecule has 1 atom stereocenters. The predicted octanol–water partition coefficient (Wildman–Crippen LogP) is 4.55. The van der Waals surface area contributed by atoms with Crippen LogP contribution >= 0.6 is 15.9 Å². The van der Waals surface area contributed by atoms with Gasteiger partial charge in [-0.2, -0.15) is 0 Å². The van der Waals surface area contributed by atoms with E-state index in [0.29, 0.717) is 0 Å². The minimum Gasteiger partial charge on any atom is -0.294 e. The summed E-state index contributed by atoms with van der Waals surface area (Å²) < 4.78 is 15.2. The molecule has 0 saturated heterocycles. The molecule has 2 aromatic carbocycles. The van der Waals surface area contributed by atoms with Crippen LogP contribution in [0.15, 0.2) is 53.0 Å². The molecule has 102 valence electrons. The molecular weight excluding hydrogens is 323 g/mol. The van der Waals surface area contributed by atoms with E-state index in [-0.39, 0.29) is 22.5 Å². The molecule has 1 unspecified atom stereocenters. The van der Waals surface area contributed by atoms with Crippen LogP contribution in [0.3, 0.4) is 0 Å². The van der Waals surface area contributed by atoms with Crippen LogP contribution in [0.2, 0.25) is 0 Å². The maximum atomic E-state index is 14.4. The lowest BCUT2D eigenvalue weighted by Crippen LogP contribution is -2.12.